The fourth-order valence-electron chi connectivity index (χ4n) is 2.78. The molecule has 0 amide bonds. The maximum absolute atomic E-state index is 12.2. The van der Waals surface area contributed by atoms with Crippen LogP contribution in [0.4, 0.5) is 0 Å². The highest BCUT2D eigenvalue weighted by molar-refractivity contribution is 5.95. The topological polar surface area (TPSA) is 40.5 Å². The first-order chi connectivity index (χ1) is 9.81. The van der Waals surface area contributed by atoms with Crippen molar-refractivity contribution in [1.82, 2.24) is 4.57 Å². The number of aromatic nitrogens is 1. The molecule has 4 heteroatoms. The van der Waals surface area contributed by atoms with Crippen molar-refractivity contribution >= 4 is 16.9 Å². The maximum atomic E-state index is 12.2. The Labute approximate surface area is 118 Å². The lowest BCUT2D eigenvalue weighted by Crippen LogP contribution is -2.22. The second kappa shape index (κ2) is 5.67. The van der Waals surface area contributed by atoms with Crippen molar-refractivity contribution in [1.29, 1.82) is 0 Å². The molecule has 0 N–H and O–H groups in total. The van der Waals surface area contributed by atoms with Crippen molar-refractivity contribution in [3.8, 4) is 0 Å². The third kappa shape index (κ3) is 2.31. The molecule has 1 fully saturated rings. The lowest BCUT2D eigenvalue weighted by Gasteiger charge is -2.26. The highest BCUT2D eigenvalue weighted by atomic mass is 16.5. The van der Waals surface area contributed by atoms with Gasteiger partial charge in [-0.2, -0.15) is 0 Å². The summed E-state index contributed by atoms with van der Waals surface area (Å²) in [4.78, 5) is 12.2. The minimum atomic E-state index is -0.280. The van der Waals surface area contributed by atoms with Gasteiger partial charge in [0.2, 0.25) is 0 Å². The molecule has 1 aromatic carbocycles. The molecule has 1 atom stereocenters. The Balaban J connectivity index is 2.09. The van der Waals surface area contributed by atoms with Crippen LogP contribution in [0.15, 0.2) is 30.3 Å². The summed E-state index contributed by atoms with van der Waals surface area (Å²) >= 11 is 0. The van der Waals surface area contributed by atoms with E-state index < -0.39 is 0 Å². The zero-order valence-corrected chi connectivity index (χ0v) is 11.7. The van der Waals surface area contributed by atoms with Crippen LogP contribution in [-0.4, -0.2) is 23.8 Å². The Hall–Kier alpha value is -1.81. The van der Waals surface area contributed by atoms with Crippen molar-refractivity contribution in [3.63, 3.8) is 0 Å². The summed E-state index contributed by atoms with van der Waals surface area (Å²) in [5.41, 5.74) is 1.61. The first-order valence-electron chi connectivity index (χ1n) is 7.20. The summed E-state index contributed by atoms with van der Waals surface area (Å²) in [6.07, 6.45) is 3.08. The van der Waals surface area contributed by atoms with E-state index >= 15 is 0 Å². The molecular weight excluding hydrogens is 254 g/mol. The van der Waals surface area contributed by atoms with Crippen molar-refractivity contribution < 1.29 is 14.3 Å². The standard InChI is InChI=1S/C16H19NO3/c1-2-19-16(18)14-11-12-7-3-4-8-13(12)17(14)15-9-5-6-10-20-15/h3-4,7-8,11,15H,2,5-6,9-10H2,1H3. The molecule has 1 aliphatic rings. The quantitative estimate of drug-likeness (QED) is 0.803. The fourth-order valence-corrected chi connectivity index (χ4v) is 2.78. The molecule has 3 rings (SSSR count). The van der Waals surface area contributed by atoms with Crippen LogP contribution < -0.4 is 0 Å². The number of hydrogen-bond acceptors (Lipinski definition) is 3. The number of nitrogens with zero attached hydrogens (tertiary/aromatic N) is 1. The Morgan fingerprint density at radius 1 is 1.40 bits per heavy atom. The van der Waals surface area contributed by atoms with Crippen molar-refractivity contribution in [2.75, 3.05) is 13.2 Å². The summed E-state index contributed by atoms with van der Waals surface area (Å²) in [6, 6.07) is 9.89. The average Bonchev–Trinajstić information content (AvgIpc) is 2.88. The van der Waals surface area contributed by atoms with Gasteiger partial charge >= 0.3 is 5.97 Å². The molecule has 1 unspecified atom stereocenters. The molecule has 2 heterocycles. The Morgan fingerprint density at radius 3 is 3.00 bits per heavy atom. The van der Waals surface area contributed by atoms with Crippen LogP contribution in [-0.2, 0) is 9.47 Å². The third-order valence-electron chi connectivity index (χ3n) is 3.68. The van der Waals surface area contributed by atoms with Crippen LogP contribution in [0.3, 0.4) is 0 Å². The van der Waals surface area contributed by atoms with Gasteiger partial charge in [0, 0.05) is 12.0 Å². The minimum absolute atomic E-state index is 0.0666. The molecule has 1 aliphatic heterocycles. The van der Waals surface area contributed by atoms with E-state index in [1.165, 1.54) is 0 Å². The van der Waals surface area contributed by atoms with Crippen LogP contribution in [0.1, 0.15) is 42.9 Å². The molecule has 20 heavy (non-hydrogen) atoms. The molecule has 0 aliphatic carbocycles. The molecule has 0 radical (unpaired) electrons. The van der Waals surface area contributed by atoms with Crippen molar-refractivity contribution in [2.24, 2.45) is 0 Å². The number of benzene rings is 1. The summed E-state index contributed by atoms with van der Waals surface area (Å²) in [7, 11) is 0. The van der Waals surface area contributed by atoms with E-state index in [4.69, 9.17) is 9.47 Å². The van der Waals surface area contributed by atoms with E-state index in [9.17, 15) is 4.79 Å². The van der Waals surface area contributed by atoms with Gasteiger partial charge in [0.15, 0.2) is 0 Å². The highest BCUT2D eigenvalue weighted by Gasteiger charge is 2.24. The average molecular weight is 273 g/mol. The smallest absolute Gasteiger partial charge is 0.355 e. The molecule has 2 aromatic rings. The first kappa shape index (κ1) is 13.2. The van der Waals surface area contributed by atoms with Crippen LogP contribution >= 0.6 is 0 Å². The van der Waals surface area contributed by atoms with Gasteiger partial charge in [-0.15, -0.1) is 0 Å². The van der Waals surface area contributed by atoms with Gasteiger partial charge in [-0.05, 0) is 38.3 Å². The van der Waals surface area contributed by atoms with E-state index in [1.54, 1.807) is 0 Å². The van der Waals surface area contributed by atoms with Gasteiger partial charge in [-0.1, -0.05) is 18.2 Å². The van der Waals surface area contributed by atoms with Gasteiger partial charge in [0.1, 0.15) is 11.9 Å². The Kier molecular flexibility index (Phi) is 3.74. The van der Waals surface area contributed by atoms with Gasteiger partial charge in [-0.25, -0.2) is 4.79 Å². The van der Waals surface area contributed by atoms with E-state index in [1.807, 2.05) is 41.8 Å². The van der Waals surface area contributed by atoms with Crippen LogP contribution in [0.25, 0.3) is 10.9 Å². The summed E-state index contributed by atoms with van der Waals surface area (Å²) in [5.74, 6) is -0.280. The summed E-state index contributed by atoms with van der Waals surface area (Å²) < 4.78 is 13.0. The third-order valence-corrected chi connectivity index (χ3v) is 3.68. The highest BCUT2D eigenvalue weighted by Crippen LogP contribution is 2.30. The van der Waals surface area contributed by atoms with Gasteiger partial charge in [0.25, 0.3) is 0 Å². The number of carbonyl (C=O) groups is 1. The number of rotatable bonds is 3. The normalized spacial score (nSPS) is 19.1. The number of carbonyl (C=O) groups excluding carboxylic acids is 1. The van der Waals surface area contributed by atoms with E-state index in [2.05, 4.69) is 0 Å². The molecule has 1 saturated heterocycles. The van der Waals surface area contributed by atoms with Crippen LogP contribution in [0.5, 0.6) is 0 Å². The predicted molar refractivity (Wildman–Crippen MR) is 76.7 cm³/mol. The molecule has 0 spiro atoms. The van der Waals surface area contributed by atoms with Crippen LogP contribution in [0, 0.1) is 0 Å². The lowest BCUT2D eigenvalue weighted by atomic mass is 10.2. The minimum Gasteiger partial charge on any atom is -0.461 e. The SMILES string of the molecule is CCOC(=O)c1cc2ccccc2n1C1CCCCO1. The second-order valence-electron chi connectivity index (χ2n) is 5.00. The molecule has 0 saturated carbocycles. The van der Waals surface area contributed by atoms with Crippen molar-refractivity contribution in [2.45, 2.75) is 32.4 Å². The number of hydrogen-bond donors (Lipinski definition) is 0. The largest absolute Gasteiger partial charge is 0.461 e. The zero-order chi connectivity index (χ0) is 13.9. The van der Waals surface area contributed by atoms with E-state index in [-0.39, 0.29) is 12.2 Å². The van der Waals surface area contributed by atoms with Gasteiger partial charge in [-0.3, -0.25) is 0 Å². The van der Waals surface area contributed by atoms with E-state index in [0.717, 1.165) is 36.8 Å². The van der Waals surface area contributed by atoms with E-state index in [0.29, 0.717) is 12.3 Å². The second-order valence-corrected chi connectivity index (χ2v) is 5.00. The first-order valence-corrected chi connectivity index (χ1v) is 7.20. The number of esters is 1. The van der Waals surface area contributed by atoms with Crippen molar-refractivity contribution in [3.05, 3.63) is 36.0 Å². The van der Waals surface area contributed by atoms with Crippen LogP contribution in [0.2, 0.25) is 0 Å². The molecule has 106 valence electrons. The van der Waals surface area contributed by atoms with Gasteiger partial charge < -0.3 is 14.0 Å². The molecule has 1 aromatic heterocycles. The summed E-state index contributed by atoms with van der Waals surface area (Å²) in [6.45, 7) is 2.95. The number of para-hydroxylation sites is 1. The number of ether oxygens (including phenoxy) is 2. The summed E-state index contributed by atoms with van der Waals surface area (Å²) in [5, 5.41) is 1.05. The zero-order valence-electron chi connectivity index (χ0n) is 11.7. The maximum Gasteiger partial charge on any atom is 0.355 e. The molecular formula is C16H19NO3. The lowest BCUT2D eigenvalue weighted by molar-refractivity contribution is -0.0313. The molecule has 0 bridgehead atoms. The Morgan fingerprint density at radius 2 is 2.25 bits per heavy atom. The fraction of sp³-hybridized carbons (Fsp3) is 0.438. The Bertz CT molecular complexity index is 611. The monoisotopic (exact) mass is 273 g/mol. The van der Waals surface area contributed by atoms with Gasteiger partial charge in [0.05, 0.1) is 12.1 Å². The molecule has 4 nitrogen and oxygen atoms in total. The predicted octanol–water partition coefficient (Wildman–Crippen LogP) is 3.52. The number of fused-ring (bicyclic) bond motifs is 1.